The topological polar surface area (TPSA) is 66.5 Å². The van der Waals surface area contributed by atoms with E-state index in [4.69, 9.17) is 34.8 Å². The number of hydrogen-bond donors (Lipinski definition) is 1. The minimum Gasteiger partial charge on any atom is -0.324 e. The molecule has 0 fully saturated rings. The smallest absolute Gasteiger partial charge is 0.243 e. The predicted molar refractivity (Wildman–Crippen MR) is 147 cm³/mol. The standard InChI is InChI=1S/C25H24BrCl3N2O3S/c1-3-16-12-18(26)13-17(4-2)25(16)30-24(32)15-31(14-21-22(28)6-5-7-23(21)29)35(33,34)20-10-8-19(27)9-11-20/h5-13H,3-4,14-15H2,1-2H3,(H,30,32). The Bertz CT molecular complexity index is 1290. The van der Waals surface area contributed by atoms with E-state index in [1.807, 2.05) is 26.0 Å². The summed E-state index contributed by atoms with van der Waals surface area (Å²) in [6.45, 7) is 3.37. The van der Waals surface area contributed by atoms with Gasteiger partial charge in [0.15, 0.2) is 0 Å². The fraction of sp³-hybridized carbons (Fsp3) is 0.240. The molecule has 0 heterocycles. The molecular weight excluding hydrogens is 595 g/mol. The van der Waals surface area contributed by atoms with Crippen molar-refractivity contribution in [1.29, 1.82) is 0 Å². The number of nitrogens with zero attached hydrogens (tertiary/aromatic N) is 1. The highest BCUT2D eigenvalue weighted by molar-refractivity contribution is 9.10. The van der Waals surface area contributed by atoms with Crippen molar-refractivity contribution in [2.45, 2.75) is 38.1 Å². The highest BCUT2D eigenvalue weighted by Crippen LogP contribution is 2.30. The van der Waals surface area contributed by atoms with E-state index in [2.05, 4.69) is 21.2 Å². The van der Waals surface area contributed by atoms with Crippen LogP contribution in [0.1, 0.15) is 30.5 Å². The lowest BCUT2D eigenvalue weighted by molar-refractivity contribution is -0.116. The molecule has 0 aliphatic heterocycles. The van der Waals surface area contributed by atoms with Crippen molar-refractivity contribution in [3.05, 3.63) is 90.8 Å². The van der Waals surface area contributed by atoms with Crippen LogP contribution in [-0.2, 0) is 34.2 Å². The molecular formula is C25H24BrCl3N2O3S. The second kappa shape index (κ2) is 12.1. The van der Waals surface area contributed by atoms with Crippen molar-refractivity contribution in [2.24, 2.45) is 0 Å². The van der Waals surface area contributed by atoms with Crippen LogP contribution >= 0.6 is 50.7 Å². The van der Waals surface area contributed by atoms with Gasteiger partial charge in [-0.3, -0.25) is 4.79 Å². The Morgan fingerprint density at radius 3 is 2.00 bits per heavy atom. The van der Waals surface area contributed by atoms with Crippen LogP contribution in [0.2, 0.25) is 15.1 Å². The first-order valence-corrected chi connectivity index (χ1v) is 14.2. The third-order valence-electron chi connectivity index (χ3n) is 5.46. The molecule has 0 atom stereocenters. The highest BCUT2D eigenvalue weighted by Gasteiger charge is 2.29. The molecule has 0 saturated carbocycles. The first kappa shape index (κ1) is 28.0. The molecule has 0 aliphatic carbocycles. The molecule has 0 aromatic heterocycles. The molecule has 1 N–H and O–H groups in total. The summed E-state index contributed by atoms with van der Waals surface area (Å²) in [5, 5.41) is 3.95. The van der Waals surface area contributed by atoms with Gasteiger partial charge in [-0.1, -0.05) is 70.6 Å². The Kier molecular flexibility index (Phi) is 9.66. The maximum atomic E-state index is 13.6. The minimum atomic E-state index is -4.09. The van der Waals surface area contributed by atoms with E-state index < -0.39 is 22.5 Å². The zero-order valence-corrected chi connectivity index (χ0v) is 23.8. The summed E-state index contributed by atoms with van der Waals surface area (Å²) in [5.41, 5.74) is 3.01. The van der Waals surface area contributed by atoms with Crippen molar-refractivity contribution < 1.29 is 13.2 Å². The minimum absolute atomic E-state index is 0.00464. The van der Waals surface area contributed by atoms with Crippen molar-refractivity contribution in [2.75, 3.05) is 11.9 Å². The van der Waals surface area contributed by atoms with Gasteiger partial charge in [-0.05, 0) is 72.5 Å². The van der Waals surface area contributed by atoms with Gasteiger partial charge in [0, 0.05) is 37.3 Å². The van der Waals surface area contributed by atoms with Crippen molar-refractivity contribution in [1.82, 2.24) is 4.31 Å². The van der Waals surface area contributed by atoms with Gasteiger partial charge < -0.3 is 5.32 Å². The molecule has 0 unspecified atom stereocenters. The Labute approximate surface area is 229 Å². The quantitative estimate of drug-likeness (QED) is 0.273. The normalized spacial score (nSPS) is 11.6. The predicted octanol–water partition coefficient (Wildman–Crippen LogP) is 7.36. The van der Waals surface area contributed by atoms with Gasteiger partial charge in [0.1, 0.15) is 0 Å². The van der Waals surface area contributed by atoms with Crippen LogP contribution in [0, 0.1) is 0 Å². The van der Waals surface area contributed by atoms with Crippen molar-refractivity contribution in [3.63, 3.8) is 0 Å². The number of carbonyl (C=O) groups is 1. The number of aryl methyl sites for hydroxylation is 2. The number of nitrogens with one attached hydrogen (secondary N) is 1. The molecule has 5 nitrogen and oxygen atoms in total. The number of halogens is 4. The number of carbonyl (C=O) groups excluding carboxylic acids is 1. The van der Waals surface area contributed by atoms with Gasteiger partial charge in [0.2, 0.25) is 15.9 Å². The van der Waals surface area contributed by atoms with E-state index in [9.17, 15) is 13.2 Å². The largest absolute Gasteiger partial charge is 0.324 e. The van der Waals surface area contributed by atoms with Crippen LogP contribution in [0.25, 0.3) is 0 Å². The van der Waals surface area contributed by atoms with E-state index in [0.29, 0.717) is 39.2 Å². The third kappa shape index (κ3) is 6.79. The maximum Gasteiger partial charge on any atom is 0.243 e. The summed E-state index contributed by atoms with van der Waals surface area (Å²) < 4.78 is 29.1. The maximum absolute atomic E-state index is 13.6. The molecule has 3 rings (SSSR count). The summed E-state index contributed by atoms with van der Waals surface area (Å²) in [7, 11) is -4.09. The molecule has 0 saturated heterocycles. The lowest BCUT2D eigenvalue weighted by Gasteiger charge is -2.24. The lowest BCUT2D eigenvalue weighted by Crippen LogP contribution is -2.38. The summed E-state index contributed by atoms with van der Waals surface area (Å²) >= 11 is 22.1. The first-order chi connectivity index (χ1) is 16.6. The van der Waals surface area contributed by atoms with E-state index >= 15 is 0 Å². The van der Waals surface area contributed by atoms with Crippen LogP contribution < -0.4 is 5.32 Å². The lowest BCUT2D eigenvalue weighted by atomic mass is 10.0. The Morgan fingerprint density at radius 1 is 0.943 bits per heavy atom. The number of hydrogen-bond acceptors (Lipinski definition) is 3. The Hall–Kier alpha value is -1.61. The van der Waals surface area contributed by atoms with Gasteiger partial charge in [-0.2, -0.15) is 4.31 Å². The molecule has 0 radical (unpaired) electrons. The zero-order valence-electron chi connectivity index (χ0n) is 19.1. The van der Waals surface area contributed by atoms with Crippen LogP contribution in [-0.4, -0.2) is 25.2 Å². The van der Waals surface area contributed by atoms with Gasteiger partial charge in [-0.15, -0.1) is 0 Å². The monoisotopic (exact) mass is 616 g/mol. The summed E-state index contributed by atoms with van der Waals surface area (Å²) in [4.78, 5) is 13.2. The van der Waals surface area contributed by atoms with Gasteiger partial charge in [-0.25, -0.2) is 8.42 Å². The zero-order chi connectivity index (χ0) is 25.8. The van der Waals surface area contributed by atoms with E-state index in [-0.39, 0.29) is 11.4 Å². The van der Waals surface area contributed by atoms with E-state index in [1.165, 1.54) is 24.3 Å². The summed E-state index contributed by atoms with van der Waals surface area (Å²) in [5.74, 6) is -0.475. The van der Waals surface area contributed by atoms with Gasteiger partial charge >= 0.3 is 0 Å². The van der Waals surface area contributed by atoms with Crippen LogP contribution in [0.4, 0.5) is 5.69 Å². The molecule has 0 spiro atoms. The Morgan fingerprint density at radius 2 is 1.49 bits per heavy atom. The molecule has 3 aromatic carbocycles. The molecule has 1 amide bonds. The summed E-state index contributed by atoms with van der Waals surface area (Å²) in [6, 6.07) is 14.6. The molecule has 35 heavy (non-hydrogen) atoms. The number of sulfonamides is 1. The van der Waals surface area contributed by atoms with E-state index in [1.54, 1.807) is 18.2 Å². The van der Waals surface area contributed by atoms with Crippen LogP contribution in [0.15, 0.2) is 64.0 Å². The number of anilines is 1. The van der Waals surface area contributed by atoms with Crippen LogP contribution in [0.3, 0.4) is 0 Å². The number of amides is 1. The highest BCUT2D eigenvalue weighted by atomic mass is 79.9. The SMILES string of the molecule is CCc1cc(Br)cc(CC)c1NC(=O)CN(Cc1c(Cl)cccc1Cl)S(=O)(=O)c1ccc(Cl)cc1. The molecule has 0 aliphatic rings. The molecule has 10 heteroatoms. The summed E-state index contributed by atoms with van der Waals surface area (Å²) in [6.07, 6.45) is 1.40. The van der Waals surface area contributed by atoms with Crippen LogP contribution in [0.5, 0.6) is 0 Å². The van der Waals surface area contributed by atoms with E-state index in [0.717, 1.165) is 19.9 Å². The second-order valence-corrected chi connectivity index (χ2v) is 11.9. The third-order valence-corrected chi connectivity index (χ3v) is 8.68. The first-order valence-electron chi connectivity index (χ1n) is 10.9. The average Bonchev–Trinajstić information content (AvgIpc) is 2.81. The number of benzene rings is 3. The molecule has 186 valence electrons. The van der Waals surface area contributed by atoms with Crippen molar-refractivity contribution in [3.8, 4) is 0 Å². The Balaban J connectivity index is 1.99. The second-order valence-electron chi connectivity index (χ2n) is 7.78. The fourth-order valence-corrected chi connectivity index (χ4v) is 6.18. The average molecular weight is 619 g/mol. The number of rotatable bonds is 9. The molecule has 0 bridgehead atoms. The van der Waals surface area contributed by atoms with Gasteiger partial charge in [0.25, 0.3) is 0 Å². The molecule has 3 aromatic rings. The fourth-order valence-electron chi connectivity index (χ4n) is 3.62. The van der Waals surface area contributed by atoms with Gasteiger partial charge in [0.05, 0.1) is 11.4 Å². The van der Waals surface area contributed by atoms with Crippen molar-refractivity contribution >= 4 is 72.4 Å².